The number of aromatic nitrogens is 3. The molecule has 1 aromatic rings. The van der Waals surface area contributed by atoms with Gasteiger partial charge in [-0.2, -0.15) is 0 Å². The summed E-state index contributed by atoms with van der Waals surface area (Å²) in [7, 11) is 0. The van der Waals surface area contributed by atoms with Gasteiger partial charge in [0.05, 0.1) is 5.75 Å². The maximum absolute atomic E-state index is 11.9. The number of nitrogens with zero attached hydrogens (tertiary/aromatic N) is 4. The third-order valence-electron chi connectivity index (χ3n) is 2.65. The Morgan fingerprint density at radius 1 is 1.39 bits per heavy atom. The van der Waals surface area contributed by atoms with Gasteiger partial charge in [-0.3, -0.25) is 9.36 Å². The Morgan fingerprint density at radius 2 is 2.00 bits per heavy atom. The monoisotopic (exact) mass is 271 g/mol. The summed E-state index contributed by atoms with van der Waals surface area (Å²) in [6.45, 7) is 9.43. The Hall–Kier alpha value is -1.24. The zero-order valence-corrected chi connectivity index (χ0v) is 12.2. The molecule has 0 saturated carbocycles. The van der Waals surface area contributed by atoms with Gasteiger partial charge in [0, 0.05) is 19.1 Å². The highest BCUT2D eigenvalue weighted by Gasteiger charge is 2.16. The number of rotatable bonds is 6. The number of nitrogen functional groups attached to an aromatic ring is 1. The third kappa shape index (κ3) is 3.38. The average molecular weight is 271 g/mol. The lowest BCUT2D eigenvalue weighted by atomic mass is 10.4. The van der Waals surface area contributed by atoms with Crippen molar-refractivity contribution in [2.24, 2.45) is 0 Å². The van der Waals surface area contributed by atoms with E-state index in [1.54, 1.807) is 4.90 Å². The Kier molecular flexibility index (Phi) is 5.46. The van der Waals surface area contributed by atoms with Crippen LogP contribution in [0.4, 0.5) is 5.95 Å². The first kappa shape index (κ1) is 14.8. The molecule has 1 heterocycles. The van der Waals surface area contributed by atoms with E-state index in [-0.39, 0.29) is 11.9 Å². The lowest BCUT2D eigenvalue weighted by molar-refractivity contribution is -0.127. The molecule has 7 heteroatoms. The van der Waals surface area contributed by atoms with Crippen LogP contribution in [-0.4, -0.2) is 44.4 Å². The van der Waals surface area contributed by atoms with Gasteiger partial charge in [0.25, 0.3) is 0 Å². The molecule has 0 aromatic carbocycles. The number of nitrogens with two attached hydrogens (primary N) is 1. The van der Waals surface area contributed by atoms with E-state index in [9.17, 15) is 4.79 Å². The standard InChI is InChI=1S/C11H21N5OS/c1-5-15(6-2)9(17)7-18-11-14-13-10(12)16(11)8(3)4/h8H,5-7H2,1-4H3,(H2,12,13). The highest BCUT2D eigenvalue weighted by Crippen LogP contribution is 2.22. The summed E-state index contributed by atoms with van der Waals surface area (Å²) in [4.78, 5) is 13.7. The van der Waals surface area contributed by atoms with Crippen LogP contribution >= 0.6 is 11.8 Å². The second-order valence-electron chi connectivity index (χ2n) is 4.16. The molecule has 0 aliphatic heterocycles. The van der Waals surface area contributed by atoms with Gasteiger partial charge in [-0.05, 0) is 27.7 Å². The zero-order valence-electron chi connectivity index (χ0n) is 11.4. The highest BCUT2D eigenvalue weighted by molar-refractivity contribution is 7.99. The van der Waals surface area contributed by atoms with E-state index in [1.165, 1.54) is 11.8 Å². The van der Waals surface area contributed by atoms with Crippen LogP contribution in [0.2, 0.25) is 0 Å². The molecule has 0 aliphatic carbocycles. The van der Waals surface area contributed by atoms with Crippen LogP contribution in [0.25, 0.3) is 0 Å². The summed E-state index contributed by atoms with van der Waals surface area (Å²) in [5.41, 5.74) is 5.74. The van der Waals surface area contributed by atoms with Crippen molar-refractivity contribution in [2.45, 2.75) is 38.9 Å². The zero-order chi connectivity index (χ0) is 13.7. The van der Waals surface area contributed by atoms with Gasteiger partial charge < -0.3 is 10.6 Å². The maximum Gasteiger partial charge on any atom is 0.233 e. The highest BCUT2D eigenvalue weighted by atomic mass is 32.2. The molecule has 0 radical (unpaired) electrons. The summed E-state index contributed by atoms with van der Waals surface area (Å²) in [5.74, 6) is 0.872. The second kappa shape index (κ2) is 6.63. The first-order valence-corrected chi connectivity index (χ1v) is 7.10. The fraction of sp³-hybridized carbons (Fsp3) is 0.727. The minimum absolute atomic E-state index is 0.113. The fourth-order valence-electron chi connectivity index (χ4n) is 1.67. The smallest absolute Gasteiger partial charge is 0.233 e. The summed E-state index contributed by atoms with van der Waals surface area (Å²) in [5, 5.41) is 8.54. The molecule has 0 unspecified atom stereocenters. The number of hydrogen-bond donors (Lipinski definition) is 1. The number of thioether (sulfide) groups is 1. The van der Waals surface area contributed by atoms with E-state index >= 15 is 0 Å². The van der Waals surface area contributed by atoms with Crippen LogP contribution in [0.5, 0.6) is 0 Å². The van der Waals surface area contributed by atoms with E-state index in [0.717, 1.165) is 13.1 Å². The molecule has 18 heavy (non-hydrogen) atoms. The molecule has 0 fully saturated rings. The molecule has 0 saturated heterocycles. The van der Waals surface area contributed by atoms with Gasteiger partial charge in [-0.15, -0.1) is 10.2 Å². The van der Waals surface area contributed by atoms with Gasteiger partial charge in [0.2, 0.25) is 11.9 Å². The van der Waals surface area contributed by atoms with Gasteiger partial charge in [-0.1, -0.05) is 11.8 Å². The van der Waals surface area contributed by atoms with Gasteiger partial charge in [0.15, 0.2) is 5.16 Å². The molecule has 1 aromatic heterocycles. The van der Waals surface area contributed by atoms with Crippen molar-refractivity contribution < 1.29 is 4.79 Å². The van der Waals surface area contributed by atoms with Crippen LogP contribution in [0.3, 0.4) is 0 Å². The number of amides is 1. The van der Waals surface area contributed by atoms with Gasteiger partial charge >= 0.3 is 0 Å². The first-order chi connectivity index (χ1) is 8.51. The number of hydrogen-bond acceptors (Lipinski definition) is 5. The lowest BCUT2D eigenvalue weighted by Crippen LogP contribution is -2.32. The summed E-state index contributed by atoms with van der Waals surface area (Å²) in [6.07, 6.45) is 0. The van der Waals surface area contributed by atoms with E-state index < -0.39 is 0 Å². The van der Waals surface area contributed by atoms with Crippen molar-refractivity contribution in [3.63, 3.8) is 0 Å². The van der Waals surface area contributed by atoms with E-state index in [2.05, 4.69) is 10.2 Å². The quantitative estimate of drug-likeness (QED) is 0.791. The Labute approximate surface area is 112 Å². The summed E-state index contributed by atoms with van der Waals surface area (Å²) < 4.78 is 1.83. The van der Waals surface area contributed by atoms with Crippen molar-refractivity contribution in [3.05, 3.63) is 0 Å². The van der Waals surface area contributed by atoms with Crippen molar-refractivity contribution in [2.75, 3.05) is 24.6 Å². The first-order valence-electron chi connectivity index (χ1n) is 6.12. The molecule has 0 aliphatic rings. The Morgan fingerprint density at radius 3 is 2.50 bits per heavy atom. The normalized spacial score (nSPS) is 10.9. The number of carbonyl (C=O) groups excluding carboxylic acids is 1. The van der Waals surface area contributed by atoms with E-state index in [1.807, 2.05) is 32.3 Å². The van der Waals surface area contributed by atoms with Crippen LogP contribution < -0.4 is 5.73 Å². The molecule has 102 valence electrons. The second-order valence-corrected chi connectivity index (χ2v) is 5.10. The SMILES string of the molecule is CCN(CC)C(=O)CSc1nnc(N)n1C(C)C. The van der Waals surface area contributed by atoms with E-state index in [0.29, 0.717) is 16.9 Å². The van der Waals surface area contributed by atoms with Gasteiger partial charge in [0.1, 0.15) is 0 Å². The third-order valence-corrected chi connectivity index (χ3v) is 3.58. The topological polar surface area (TPSA) is 77.0 Å². The van der Waals surface area contributed by atoms with Crippen molar-refractivity contribution in [3.8, 4) is 0 Å². The van der Waals surface area contributed by atoms with Crippen LogP contribution in [-0.2, 0) is 4.79 Å². The summed E-state index contributed by atoms with van der Waals surface area (Å²) >= 11 is 1.38. The Balaban J connectivity index is 2.67. The molecule has 2 N–H and O–H groups in total. The lowest BCUT2D eigenvalue weighted by Gasteiger charge is -2.18. The number of carbonyl (C=O) groups is 1. The predicted octanol–water partition coefficient (Wildman–Crippen LogP) is 1.40. The predicted molar refractivity (Wildman–Crippen MR) is 73.5 cm³/mol. The van der Waals surface area contributed by atoms with Crippen LogP contribution in [0.1, 0.15) is 33.7 Å². The number of anilines is 1. The molecule has 0 atom stereocenters. The van der Waals surface area contributed by atoms with Crippen LogP contribution in [0, 0.1) is 0 Å². The largest absolute Gasteiger partial charge is 0.368 e. The molecule has 0 bridgehead atoms. The molecular formula is C11H21N5OS. The van der Waals surface area contributed by atoms with E-state index in [4.69, 9.17) is 5.73 Å². The Bertz CT molecular complexity index is 400. The van der Waals surface area contributed by atoms with Crippen molar-refractivity contribution >= 4 is 23.6 Å². The van der Waals surface area contributed by atoms with Crippen molar-refractivity contribution in [1.29, 1.82) is 0 Å². The van der Waals surface area contributed by atoms with Gasteiger partial charge in [-0.25, -0.2) is 0 Å². The maximum atomic E-state index is 11.9. The average Bonchev–Trinajstić information content (AvgIpc) is 2.69. The molecule has 0 spiro atoms. The minimum atomic E-state index is 0.113. The molecule has 6 nitrogen and oxygen atoms in total. The molecule has 1 rings (SSSR count). The van der Waals surface area contributed by atoms with Crippen LogP contribution in [0.15, 0.2) is 5.16 Å². The molecular weight excluding hydrogens is 250 g/mol. The fourth-order valence-corrected chi connectivity index (χ4v) is 2.64. The molecule has 1 amide bonds. The minimum Gasteiger partial charge on any atom is -0.368 e. The van der Waals surface area contributed by atoms with Crippen molar-refractivity contribution in [1.82, 2.24) is 19.7 Å². The summed E-state index contributed by atoms with van der Waals surface area (Å²) in [6, 6.07) is 0.186.